The number of tetrazole rings is 2. The second kappa shape index (κ2) is 5.95. The Morgan fingerprint density at radius 1 is 1.00 bits per heavy atom. The van der Waals surface area contributed by atoms with Gasteiger partial charge in [0.1, 0.15) is 5.69 Å². The van der Waals surface area contributed by atoms with Crippen LogP contribution in [0.4, 0.5) is 0 Å². The molecule has 3 aromatic rings. The zero-order chi connectivity index (χ0) is 13.6. The summed E-state index contributed by atoms with van der Waals surface area (Å²) in [6.07, 6.45) is 4.98. The lowest BCUT2D eigenvalue weighted by Gasteiger charge is -1.99. The van der Waals surface area contributed by atoms with Crippen LogP contribution in [0.3, 0.4) is 0 Å². The summed E-state index contributed by atoms with van der Waals surface area (Å²) in [6, 6.07) is 5.61. The van der Waals surface area contributed by atoms with Gasteiger partial charge in [0.25, 0.3) is 0 Å². The topological polar surface area (TPSA) is 100 Å². The highest BCUT2D eigenvalue weighted by Crippen LogP contribution is 2.08. The highest BCUT2D eigenvalue weighted by atomic mass is 15.6. The molecule has 0 aliphatic rings. The highest BCUT2D eigenvalue weighted by molar-refractivity contribution is 5.46. The Morgan fingerprint density at radius 3 is 2.65 bits per heavy atom. The standard InChI is InChI=1S/C11H13N9/c1-2-6-12-10(5-1)11-15-18-20(16-11)8-4-3-7-19-14-9-13-17-19/h1-2,5-6,9H,3-4,7-8H2. The van der Waals surface area contributed by atoms with Crippen LogP contribution in [-0.2, 0) is 13.1 Å². The lowest BCUT2D eigenvalue weighted by molar-refractivity contribution is 0.437. The Kier molecular flexibility index (Phi) is 3.67. The van der Waals surface area contributed by atoms with Gasteiger partial charge in [-0.3, -0.25) is 4.98 Å². The Morgan fingerprint density at radius 2 is 1.90 bits per heavy atom. The Labute approximate surface area is 114 Å². The molecular formula is C11H13N9. The first-order valence-electron chi connectivity index (χ1n) is 6.32. The highest BCUT2D eigenvalue weighted by Gasteiger charge is 2.06. The molecular weight excluding hydrogens is 258 g/mol. The minimum atomic E-state index is 0.545. The fourth-order valence-electron chi connectivity index (χ4n) is 1.73. The van der Waals surface area contributed by atoms with Crippen LogP contribution in [0, 0.1) is 0 Å². The van der Waals surface area contributed by atoms with Gasteiger partial charge >= 0.3 is 0 Å². The third-order valence-electron chi connectivity index (χ3n) is 2.70. The van der Waals surface area contributed by atoms with Crippen molar-refractivity contribution in [3.8, 4) is 11.5 Å². The Hall–Kier alpha value is -2.71. The van der Waals surface area contributed by atoms with Gasteiger partial charge in [0, 0.05) is 6.20 Å². The molecule has 0 aliphatic heterocycles. The van der Waals surface area contributed by atoms with E-state index in [1.807, 2.05) is 18.2 Å². The number of rotatable bonds is 6. The van der Waals surface area contributed by atoms with Crippen molar-refractivity contribution in [1.29, 1.82) is 0 Å². The average molecular weight is 271 g/mol. The first kappa shape index (κ1) is 12.3. The molecule has 102 valence electrons. The monoisotopic (exact) mass is 271 g/mol. The smallest absolute Gasteiger partial charge is 0.223 e. The molecule has 0 bridgehead atoms. The molecule has 0 aliphatic carbocycles. The molecule has 3 heterocycles. The van der Waals surface area contributed by atoms with Crippen molar-refractivity contribution in [2.24, 2.45) is 0 Å². The molecule has 0 aromatic carbocycles. The van der Waals surface area contributed by atoms with Gasteiger partial charge in [0.15, 0.2) is 6.33 Å². The van der Waals surface area contributed by atoms with Crippen molar-refractivity contribution in [2.45, 2.75) is 25.9 Å². The molecule has 0 N–H and O–H groups in total. The largest absolute Gasteiger partial charge is 0.253 e. The molecule has 3 rings (SSSR count). The quantitative estimate of drug-likeness (QED) is 0.590. The molecule has 0 spiro atoms. The third kappa shape index (κ3) is 2.99. The van der Waals surface area contributed by atoms with Gasteiger partial charge in [-0.1, -0.05) is 6.07 Å². The van der Waals surface area contributed by atoms with Crippen LogP contribution in [0.15, 0.2) is 30.7 Å². The van der Waals surface area contributed by atoms with Crippen molar-refractivity contribution < 1.29 is 0 Å². The van der Waals surface area contributed by atoms with E-state index in [9.17, 15) is 0 Å². The maximum absolute atomic E-state index is 4.30. The SMILES string of the molecule is c1ccc(-c2nnn(CCCCn3ncnn3)n2)nc1. The molecule has 3 aromatic heterocycles. The molecule has 0 radical (unpaired) electrons. The Bertz CT molecular complexity index is 631. The summed E-state index contributed by atoms with van der Waals surface area (Å²) < 4.78 is 0. The van der Waals surface area contributed by atoms with Gasteiger partial charge in [-0.05, 0) is 35.4 Å². The van der Waals surface area contributed by atoms with Crippen LogP contribution in [0.1, 0.15) is 12.8 Å². The molecule has 0 saturated heterocycles. The summed E-state index contributed by atoms with van der Waals surface area (Å²) in [6.45, 7) is 1.44. The number of aryl methyl sites for hydroxylation is 2. The van der Waals surface area contributed by atoms with E-state index in [-0.39, 0.29) is 0 Å². The number of hydrogen-bond acceptors (Lipinski definition) is 7. The summed E-state index contributed by atoms with van der Waals surface area (Å²) in [5.41, 5.74) is 0.727. The molecule has 20 heavy (non-hydrogen) atoms. The fraction of sp³-hybridized carbons (Fsp3) is 0.364. The maximum Gasteiger partial charge on any atom is 0.223 e. The normalized spacial score (nSPS) is 10.8. The van der Waals surface area contributed by atoms with E-state index >= 15 is 0 Å². The van der Waals surface area contributed by atoms with Crippen molar-refractivity contribution in [2.75, 3.05) is 0 Å². The van der Waals surface area contributed by atoms with Crippen LogP contribution >= 0.6 is 0 Å². The van der Waals surface area contributed by atoms with Gasteiger partial charge in [0.2, 0.25) is 5.82 Å². The van der Waals surface area contributed by atoms with Crippen LogP contribution in [0.5, 0.6) is 0 Å². The van der Waals surface area contributed by atoms with E-state index in [1.165, 1.54) is 6.33 Å². The summed E-state index contributed by atoms with van der Waals surface area (Å²) in [7, 11) is 0. The molecule has 9 heteroatoms. The first-order valence-corrected chi connectivity index (χ1v) is 6.32. The number of hydrogen-bond donors (Lipinski definition) is 0. The van der Waals surface area contributed by atoms with E-state index in [2.05, 4.69) is 35.8 Å². The third-order valence-corrected chi connectivity index (χ3v) is 2.70. The van der Waals surface area contributed by atoms with Gasteiger partial charge < -0.3 is 0 Å². The van der Waals surface area contributed by atoms with E-state index in [1.54, 1.807) is 15.8 Å². The van der Waals surface area contributed by atoms with Crippen molar-refractivity contribution in [3.63, 3.8) is 0 Å². The number of nitrogens with zero attached hydrogens (tertiary/aromatic N) is 9. The zero-order valence-electron chi connectivity index (χ0n) is 10.7. The summed E-state index contributed by atoms with van der Waals surface area (Å²) in [4.78, 5) is 7.33. The van der Waals surface area contributed by atoms with Gasteiger partial charge in [-0.25, -0.2) is 0 Å². The minimum absolute atomic E-state index is 0.545. The average Bonchev–Trinajstić information content (AvgIpc) is 3.16. The lowest BCUT2D eigenvalue weighted by atomic mass is 10.3. The summed E-state index contributed by atoms with van der Waals surface area (Å²) in [5, 5.41) is 23.7. The fourth-order valence-corrected chi connectivity index (χ4v) is 1.73. The molecule has 0 saturated carbocycles. The van der Waals surface area contributed by atoms with Crippen LogP contribution in [0.25, 0.3) is 11.5 Å². The summed E-state index contributed by atoms with van der Waals surface area (Å²) in [5.74, 6) is 0.545. The van der Waals surface area contributed by atoms with Crippen molar-refractivity contribution in [1.82, 2.24) is 45.4 Å². The van der Waals surface area contributed by atoms with E-state index in [4.69, 9.17) is 0 Å². The van der Waals surface area contributed by atoms with Crippen LogP contribution in [0.2, 0.25) is 0 Å². The second-order valence-corrected chi connectivity index (χ2v) is 4.16. The zero-order valence-corrected chi connectivity index (χ0v) is 10.7. The van der Waals surface area contributed by atoms with Crippen LogP contribution in [-0.4, -0.2) is 45.4 Å². The molecule has 0 fully saturated rings. The molecule has 0 atom stereocenters. The van der Waals surface area contributed by atoms with Gasteiger partial charge in [0.05, 0.1) is 13.1 Å². The summed E-state index contributed by atoms with van der Waals surface area (Å²) >= 11 is 0. The minimum Gasteiger partial charge on any atom is -0.253 e. The second-order valence-electron chi connectivity index (χ2n) is 4.16. The van der Waals surface area contributed by atoms with Crippen molar-refractivity contribution >= 4 is 0 Å². The maximum atomic E-state index is 4.30. The van der Waals surface area contributed by atoms with E-state index in [0.717, 1.165) is 25.1 Å². The van der Waals surface area contributed by atoms with Gasteiger partial charge in [-0.15, -0.1) is 20.4 Å². The van der Waals surface area contributed by atoms with E-state index in [0.29, 0.717) is 12.4 Å². The van der Waals surface area contributed by atoms with E-state index < -0.39 is 0 Å². The predicted molar refractivity (Wildman–Crippen MR) is 68.1 cm³/mol. The van der Waals surface area contributed by atoms with Crippen molar-refractivity contribution in [3.05, 3.63) is 30.7 Å². The van der Waals surface area contributed by atoms with Gasteiger partial charge in [-0.2, -0.15) is 9.59 Å². The Balaban J connectivity index is 1.50. The number of aromatic nitrogens is 9. The van der Waals surface area contributed by atoms with Crippen LogP contribution < -0.4 is 0 Å². The first-order chi connectivity index (χ1) is 9.92. The predicted octanol–water partition coefficient (Wildman–Crippen LogP) is 0.202. The molecule has 0 amide bonds. The lowest BCUT2D eigenvalue weighted by Crippen LogP contribution is -2.06. The molecule has 9 nitrogen and oxygen atoms in total. The number of pyridine rings is 1. The molecule has 0 unspecified atom stereocenters. The number of unbranched alkanes of at least 4 members (excludes halogenated alkanes) is 1.